The molecule has 1 heterocycles. The van der Waals surface area contributed by atoms with Gasteiger partial charge in [-0.25, -0.2) is 4.79 Å². The van der Waals surface area contributed by atoms with Crippen molar-refractivity contribution in [3.8, 4) is 0 Å². The first-order valence-corrected chi connectivity index (χ1v) is 9.13. The molecule has 3 rings (SSSR count). The van der Waals surface area contributed by atoms with Gasteiger partial charge in [0, 0.05) is 12.1 Å². The Balaban J connectivity index is 1.72. The topological polar surface area (TPSA) is 81.8 Å². The molecule has 0 aliphatic carbocycles. The minimum absolute atomic E-state index is 0.00517. The summed E-state index contributed by atoms with van der Waals surface area (Å²) < 4.78 is 0. The van der Waals surface area contributed by atoms with E-state index in [1.165, 1.54) is 0 Å². The van der Waals surface area contributed by atoms with E-state index in [1.807, 2.05) is 44.4 Å². The van der Waals surface area contributed by atoms with Crippen LogP contribution in [0.15, 0.2) is 54.6 Å². The van der Waals surface area contributed by atoms with Gasteiger partial charge in [0.25, 0.3) is 5.91 Å². The summed E-state index contributed by atoms with van der Waals surface area (Å²) in [6.07, 6.45) is 0. The summed E-state index contributed by atoms with van der Waals surface area (Å²) in [5.74, 6) is -0.526. The van der Waals surface area contributed by atoms with Crippen molar-refractivity contribution in [2.45, 2.75) is 12.6 Å². The zero-order chi connectivity index (χ0) is 20.1. The number of amides is 4. The first-order valence-electron chi connectivity index (χ1n) is 9.13. The predicted molar refractivity (Wildman–Crippen MR) is 106 cm³/mol. The summed E-state index contributed by atoms with van der Waals surface area (Å²) >= 11 is 0. The summed E-state index contributed by atoms with van der Waals surface area (Å²) in [4.78, 5) is 39.7. The molecule has 7 nitrogen and oxygen atoms in total. The van der Waals surface area contributed by atoms with Gasteiger partial charge in [-0.1, -0.05) is 48.5 Å². The fraction of sp³-hybridized carbons (Fsp3) is 0.286. The van der Waals surface area contributed by atoms with Crippen LogP contribution in [0.25, 0.3) is 0 Å². The molecule has 1 aliphatic rings. The number of nitrogens with zero attached hydrogens (tertiary/aromatic N) is 2. The zero-order valence-corrected chi connectivity index (χ0v) is 16.0. The second-order valence-electron chi connectivity index (χ2n) is 6.90. The van der Waals surface area contributed by atoms with Crippen molar-refractivity contribution < 1.29 is 14.4 Å². The number of benzene rings is 2. The number of imide groups is 1. The molecule has 0 radical (unpaired) electrons. The maximum Gasteiger partial charge on any atom is 0.324 e. The molecule has 1 fully saturated rings. The highest BCUT2D eigenvalue weighted by molar-refractivity contribution is 6.02. The van der Waals surface area contributed by atoms with Gasteiger partial charge in [-0.2, -0.15) is 0 Å². The summed E-state index contributed by atoms with van der Waals surface area (Å²) in [5.41, 5.74) is 2.20. The van der Waals surface area contributed by atoms with Crippen molar-refractivity contribution in [3.05, 3.63) is 71.3 Å². The minimum atomic E-state index is -0.433. The van der Waals surface area contributed by atoms with Gasteiger partial charge in [-0.15, -0.1) is 0 Å². The Hall–Kier alpha value is -3.19. The van der Waals surface area contributed by atoms with Crippen LogP contribution >= 0.6 is 0 Å². The highest BCUT2D eigenvalue weighted by Gasteiger charge is 2.29. The van der Waals surface area contributed by atoms with Crippen molar-refractivity contribution >= 4 is 17.8 Å². The molecule has 2 aromatic carbocycles. The Morgan fingerprint density at radius 3 is 2.43 bits per heavy atom. The minimum Gasteiger partial charge on any atom is -0.350 e. The van der Waals surface area contributed by atoms with Gasteiger partial charge in [0.15, 0.2) is 0 Å². The van der Waals surface area contributed by atoms with Crippen LogP contribution in [0.4, 0.5) is 4.79 Å². The predicted octanol–water partition coefficient (Wildman–Crippen LogP) is 1.77. The van der Waals surface area contributed by atoms with Crippen LogP contribution in [0.3, 0.4) is 0 Å². The van der Waals surface area contributed by atoms with Crippen molar-refractivity contribution in [2.75, 3.05) is 27.2 Å². The van der Waals surface area contributed by atoms with Gasteiger partial charge in [0.2, 0.25) is 5.91 Å². The van der Waals surface area contributed by atoms with Crippen molar-refractivity contribution in [2.24, 2.45) is 0 Å². The molecule has 146 valence electrons. The number of nitrogens with one attached hydrogen (secondary N) is 2. The third-order valence-electron chi connectivity index (χ3n) is 4.79. The molecule has 1 aliphatic heterocycles. The normalized spacial score (nSPS) is 14.9. The highest BCUT2D eigenvalue weighted by Crippen LogP contribution is 2.18. The fourth-order valence-corrected chi connectivity index (χ4v) is 3.22. The van der Waals surface area contributed by atoms with Crippen LogP contribution in [-0.4, -0.2) is 54.8 Å². The van der Waals surface area contributed by atoms with Gasteiger partial charge < -0.3 is 15.5 Å². The molecular weight excluding hydrogens is 356 g/mol. The Morgan fingerprint density at radius 1 is 1.11 bits per heavy atom. The highest BCUT2D eigenvalue weighted by atomic mass is 16.2. The average Bonchev–Trinajstić information content (AvgIpc) is 3.01. The lowest BCUT2D eigenvalue weighted by atomic mass is 10.0. The zero-order valence-electron chi connectivity index (χ0n) is 16.0. The Kier molecular flexibility index (Phi) is 6.06. The van der Waals surface area contributed by atoms with Gasteiger partial charge >= 0.3 is 6.03 Å². The van der Waals surface area contributed by atoms with E-state index in [0.29, 0.717) is 17.7 Å². The number of hydrogen-bond acceptors (Lipinski definition) is 4. The van der Waals surface area contributed by atoms with Gasteiger partial charge in [-0.05, 0) is 31.3 Å². The lowest BCUT2D eigenvalue weighted by molar-refractivity contribution is -0.125. The summed E-state index contributed by atoms with van der Waals surface area (Å²) in [5, 5.41) is 5.47. The molecule has 0 saturated carbocycles. The molecule has 1 atom stereocenters. The lowest BCUT2D eigenvalue weighted by Gasteiger charge is -2.25. The van der Waals surface area contributed by atoms with E-state index in [0.717, 1.165) is 10.5 Å². The number of urea groups is 1. The van der Waals surface area contributed by atoms with Gasteiger partial charge in [-0.3, -0.25) is 14.5 Å². The molecule has 28 heavy (non-hydrogen) atoms. The standard InChI is InChI=1S/C21H24N4O3/c1-24(2)18(15-8-4-3-5-9-15)12-22-20(27)17-11-7-6-10-16(17)14-25-19(26)13-23-21(25)28/h3-11,18H,12-14H2,1-2H3,(H,22,27)(H,23,28). The molecular formula is C21H24N4O3. The van der Waals surface area contributed by atoms with E-state index >= 15 is 0 Å². The number of rotatable bonds is 7. The Bertz CT molecular complexity index is 851. The molecule has 1 unspecified atom stereocenters. The summed E-state index contributed by atoms with van der Waals surface area (Å²) in [6.45, 7) is 0.506. The maximum absolute atomic E-state index is 12.8. The first kappa shape index (κ1) is 19.6. The summed E-state index contributed by atoms with van der Waals surface area (Å²) in [6, 6.07) is 16.6. The maximum atomic E-state index is 12.8. The molecule has 1 saturated heterocycles. The molecule has 2 aromatic rings. The first-order chi connectivity index (χ1) is 13.5. The van der Waals surface area contributed by atoms with Crippen LogP contribution in [-0.2, 0) is 11.3 Å². The molecule has 4 amide bonds. The van der Waals surface area contributed by atoms with Gasteiger partial charge in [0.05, 0.1) is 19.1 Å². The van der Waals surface area contributed by atoms with Crippen molar-refractivity contribution in [1.82, 2.24) is 20.4 Å². The van der Waals surface area contributed by atoms with E-state index in [4.69, 9.17) is 0 Å². The number of likely N-dealkylation sites (N-methyl/N-ethyl adjacent to an activating group) is 1. The molecule has 0 bridgehead atoms. The summed E-state index contributed by atoms with van der Waals surface area (Å²) in [7, 11) is 3.94. The van der Waals surface area contributed by atoms with E-state index < -0.39 is 6.03 Å². The van der Waals surface area contributed by atoms with Crippen molar-refractivity contribution in [3.63, 3.8) is 0 Å². The number of carbonyl (C=O) groups is 3. The third-order valence-corrected chi connectivity index (χ3v) is 4.79. The molecule has 7 heteroatoms. The smallest absolute Gasteiger partial charge is 0.324 e. The molecule has 0 aromatic heterocycles. The van der Waals surface area contributed by atoms with Crippen LogP contribution in [0.1, 0.15) is 27.5 Å². The molecule has 2 N–H and O–H groups in total. The number of carbonyl (C=O) groups excluding carboxylic acids is 3. The average molecular weight is 380 g/mol. The van der Waals surface area contributed by atoms with E-state index in [9.17, 15) is 14.4 Å². The number of hydrogen-bond donors (Lipinski definition) is 2. The van der Waals surface area contributed by atoms with Crippen LogP contribution < -0.4 is 10.6 Å². The Morgan fingerprint density at radius 2 is 1.79 bits per heavy atom. The van der Waals surface area contributed by atoms with Crippen LogP contribution in [0, 0.1) is 0 Å². The lowest BCUT2D eigenvalue weighted by Crippen LogP contribution is -2.36. The molecule has 0 spiro atoms. The monoisotopic (exact) mass is 380 g/mol. The van der Waals surface area contributed by atoms with Crippen LogP contribution in [0.2, 0.25) is 0 Å². The van der Waals surface area contributed by atoms with E-state index in [-0.39, 0.29) is 30.9 Å². The van der Waals surface area contributed by atoms with Crippen LogP contribution in [0.5, 0.6) is 0 Å². The second-order valence-corrected chi connectivity index (χ2v) is 6.90. The third kappa shape index (κ3) is 4.37. The largest absolute Gasteiger partial charge is 0.350 e. The quantitative estimate of drug-likeness (QED) is 0.718. The van der Waals surface area contributed by atoms with Crippen molar-refractivity contribution in [1.29, 1.82) is 0 Å². The van der Waals surface area contributed by atoms with E-state index in [2.05, 4.69) is 15.5 Å². The van der Waals surface area contributed by atoms with E-state index in [1.54, 1.807) is 24.3 Å². The Labute approximate surface area is 164 Å². The SMILES string of the molecule is CN(C)C(CNC(=O)c1ccccc1CN1C(=O)CNC1=O)c1ccccc1. The second kappa shape index (κ2) is 8.67. The fourth-order valence-electron chi connectivity index (χ4n) is 3.22. The van der Waals surface area contributed by atoms with Gasteiger partial charge in [0.1, 0.15) is 0 Å².